The Labute approximate surface area is 126 Å². The van der Waals surface area contributed by atoms with Crippen molar-refractivity contribution in [3.63, 3.8) is 0 Å². The van der Waals surface area contributed by atoms with E-state index in [1.807, 2.05) is 0 Å². The van der Waals surface area contributed by atoms with Crippen LogP contribution in [0.1, 0.15) is 13.3 Å². The first-order valence-corrected chi connectivity index (χ1v) is 2.99. The molecule has 5 nitrogen and oxygen atoms in total. The van der Waals surface area contributed by atoms with Gasteiger partial charge in [0.2, 0.25) is 0 Å². The SMILES string of the molecule is CC[C-]=C(OC)C(=O)[O-].O=C=O.[Na+].[Na+]. The normalized spacial score (nSPS) is 7.71. The Morgan fingerprint density at radius 1 is 1.43 bits per heavy atom. The number of carbonyl (C=O) groups is 1. The van der Waals surface area contributed by atoms with E-state index in [2.05, 4.69) is 10.8 Å². The molecule has 0 amide bonds. The molecule has 0 bridgehead atoms. The van der Waals surface area contributed by atoms with E-state index in [1.54, 1.807) is 6.92 Å². The topological polar surface area (TPSA) is 83.5 Å². The van der Waals surface area contributed by atoms with E-state index in [-0.39, 0.29) is 71.0 Å². The van der Waals surface area contributed by atoms with Crippen molar-refractivity contribution in [2.45, 2.75) is 13.3 Å². The molecule has 0 aromatic carbocycles. The Morgan fingerprint density at radius 3 is 1.86 bits per heavy atom. The number of rotatable bonds is 3. The minimum Gasteiger partial charge on any atom is -0.655 e. The molecule has 0 aliphatic heterocycles. The van der Waals surface area contributed by atoms with Crippen LogP contribution < -0.4 is 64.2 Å². The minimum absolute atomic E-state index is 0. The van der Waals surface area contributed by atoms with Crippen LogP contribution in [0.2, 0.25) is 0 Å². The van der Waals surface area contributed by atoms with Crippen molar-refractivity contribution >= 4 is 12.1 Å². The first kappa shape index (κ1) is 23.9. The van der Waals surface area contributed by atoms with Crippen molar-refractivity contribution in [2.75, 3.05) is 7.11 Å². The zero-order chi connectivity index (χ0) is 9.98. The largest absolute Gasteiger partial charge is 1.00 e. The molecule has 0 spiro atoms. The third kappa shape index (κ3) is 18.2. The Bertz CT molecular complexity index is 196. The summed E-state index contributed by atoms with van der Waals surface area (Å²) in [7, 11) is 1.27. The fourth-order valence-corrected chi connectivity index (χ4v) is 0.388. The molecular weight excluding hydrogens is 210 g/mol. The molecule has 0 saturated heterocycles. The van der Waals surface area contributed by atoms with Gasteiger partial charge in [0.05, 0.1) is 7.11 Å². The molecule has 0 aromatic rings. The van der Waals surface area contributed by atoms with Gasteiger partial charge in [0, 0.05) is 0 Å². The van der Waals surface area contributed by atoms with E-state index < -0.39 is 5.97 Å². The van der Waals surface area contributed by atoms with Crippen LogP contribution in [-0.2, 0) is 19.1 Å². The first-order chi connectivity index (χ1) is 5.63. The van der Waals surface area contributed by atoms with Gasteiger partial charge < -0.3 is 14.6 Å². The predicted octanol–water partition coefficient (Wildman–Crippen LogP) is -7.10. The third-order valence-corrected chi connectivity index (χ3v) is 0.727. The second-order valence-electron chi connectivity index (χ2n) is 1.43. The minimum atomic E-state index is -1.32. The van der Waals surface area contributed by atoms with E-state index in [1.165, 1.54) is 7.11 Å². The summed E-state index contributed by atoms with van der Waals surface area (Å²) >= 11 is 0. The summed E-state index contributed by atoms with van der Waals surface area (Å²) in [5.74, 6) is -1.54. The summed E-state index contributed by atoms with van der Waals surface area (Å²) in [5, 5.41) is 9.98. The molecule has 0 aliphatic carbocycles. The van der Waals surface area contributed by atoms with Crippen molar-refractivity contribution in [1.82, 2.24) is 0 Å². The van der Waals surface area contributed by atoms with Crippen LogP contribution in [0.3, 0.4) is 0 Å². The van der Waals surface area contributed by atoms with Gasteiger partial charge in [-0.3, -0.25) is 0 Å². The van der Waals surface area contributed by atoms with E-state index in [0.717, 1.165) is 0 Å². The maximum atomic E-state index is 9.98. The van der Waals surface area contributed by atoms with E-state index in [0.29, 0.717) is 6.42 Å². The molecule has 0 rings (SSSR count). The quantitative estimate of drug-likeness (QED) is 0.203. The zero-order valence-corrected chi connectivity index (χ0v) is 12.7. The average Bonchev–Trinajstić information content (AvgIpc) is 2.01. The van der Waals surface area contributed by atoms with Crippen LogP contribution >= 0.6 is 0 Å². The van der Waals surface area contributed by atoms with Crippen molar-refractivity contribution in [2.24, 2.45) is 0 Å². The fraction of sp³-hybridized carbons (Fsp3) is 0.429. The number of allylic oxidation sites excluding steroid dienone is 1. The second-order valence-corrected chi connectivity index (χ2v) is 1.43. The summed E-state index contributed by atoms with van der Waals surface area (Å²) in [4.78, 5) is 26.2. The molecule has 0 atom stereocenters. The van der Waals surface area contributed by atoms with E-state index in [4.69, 9.17) is 9.59 Å². The molecule has 0 saturated carbocycles. The van der Waals surface area contributed by atoms with Gasteiger partial charge in [-0.15, -0.1) is 6.42 Å². The van der Waals surface area contributed by atoms with Gasteiger partial charge in [-0.05, 0) is 5.76 Å². The molecule has 0 fully saturated rings. The summed E-state index contributed by atoms with van der Waals surface area (Å²) in [5.41, 5.74) is 0. The third-order valence-electron chi connectivity index (χ3n) is 0.727. The predicted molar refractivity (Wildman–Crippen MR) is 34.1 cm³/mol. The van der Waals surface area contributed by atoms with E-state index >= 15 is 0 Å². The Kier molecular flexibility index (Phi) is 32.5. The molecule has 0 aromatic heterocycles. The molecule has 68 valence electrons. The first-order valence-electron chi connectivity index (χ1n) is 2.99. The number of carbonyl (C=O) groups excluding carboxylic acids is 3. The zero-order valence-electron chi connectivity index (χ0n) is 8.75. The smallest absolute Gasteiger partial charge is 0.655 e. The van der Waals surface area contributed by atoms with Gasteiger partial charge in [-0.25, -0.2) is 6.08 Å². The Morgan fingerprint density at radius 2 is 1.79 bits per heavy atom. The Balaban J connectivity index is -0.0000000891. The van der Waals surface area contributed by atoms with Crippen LogP contribution in [0.15, 0.2) is 5.76 Å². The number of aliphatic carboxylic acids is 1. The second kappa shape index (κ2) is 19.0. The van der Waals surface area contributed by atoms with Crippen LogP contribution in [0.5, 0.6) is 0 Å². The molecule has 14 heavy (non-hydrogen) atoms. The molecular formula is C7H8Na2O5. The van der Waals surface area contributed by atoms with E-state index in [9.17, 15) is 9.90 Å². The maximum absolute atomic E-state index is 9.98. The summed E-state index contributed by atoms with van der Waals surface area (Å²) < 4.78 is 4.40. The molecule has 0 N–H and O–H groups in total. The van der Waals surface area contributed by atoms with Crippen LogP contribution in [0, 0.1) is 6.08 Å². The van der Waals surface area contributed by atoms with Crippen molar-refractivity contribution in [3.8, 4) is 0 Å². The molecule has 0 radical (unpaired) electrons. The van der Waals surface area contributed by atoms with Gasteiger partial charge in [0.15, 0.2) is 0 Å². The summed E-state index contributed by atoms with van der Waals surface area (Å²) in [6.07, 6.45) is 3.23. The summed E-state index contributed by atoms with van der Waals surface area (Å²) in [6.45, 7) is 1.77. The number of hydrogen-bond acceptors (Lipinski definition) is 5. The number of methoxy groups -OCH3 is 1. The standard InChI is InChI=1S/C6H9O3.CO2.2Na/c1-3-4-5(9-2)6(7)8;2-1-3;;/h3H2,1-2H3,(H,7,8);;;/q-1;;2*+1/p-1. The average molecular weight is 218 g/mol. The number of carboxylic acids is 1. The van der Waals surface area contributed by atoms with Gasteiger partial charge in [-0.2, -0.15) is 9.59 Å². The molecule has 0 heterocycles. The number of ether oxygens (including phenoxy) is 1. The van der Waals surface area contributed by atoms with Gasteiger partial charge in [0.1, 0.15) is 0 Å². The Hall–Kier alpha value is 0.390. The van der Waals surface area contributed by atoms with Gasteiger partial charge in [-0.1, -0.05) is 12.9 Å². The van der Waals surface area contributed by atoms with Crippen molar-refractivity contribution in [1.29, 1.82) is 0 Å². The molecule has 7 heteroatoms. The van der Waals surface area contributed by atoms with Crippen LogP contribution in [0.25, 0.3) is 0 Å². The molecule has 0 unspecified atom stereocenters. The van der Waals surface area contributed by atoms with Crippen LogP contribution in [0.4, 0.5) is 0 Å². The number of carboxylic acid groups (broad SMARTS) is 1. The fourth-order valence-electron chi connectivity index (χ4n) is 0.388. The number of hydrogen-bond donors (Lipinski definition) is 0. The van der Waals surface area contributed by atoms with Crippen molar-refractivity contribution in [3.05, 3.63) is 11.8 Å². The van der Waals surface area contributed by atoms with Gasteiger partial charge >= 0.3 is 65.3 Å². The maximum Gasteiger partial charge on any atom is 1.00 e. The van der Waals surface area contributed by atoms with Crippen molar-refractivity contribution < 1.29 is 83.3 Å². The monoisotopic (exact) mass is 218 g/mol. The van der Waals surface area contributed by atoms with Gasteiger partial charge in [0.25, 0.3) is 0 Å². The summed E-state index contributed by atoms with van der Waals surface area (Å²) in [6, 6.07) is 0. The van der Waals surface area contributed by atoms with Crippen LogP contribution in [-0.4, -0.2) is 19.2 Å². The molecule has 0 aliphatic rings.